The van der Waals surface area contributed by atoms with Crippen LogP contribution >= 0.6 is 0 Å². The largest absolute Gasteiger partial charge is 0.456 e. The van der Waals surface area contributed by atoms with Gasteiger partial charge in [0.25, 0.3) is 0 Å². The zero-order valence-electron chi connectivity index (χ0n) is 33.1. The highest BCUT2D eigenvalue weighted by molar-refractivity contribution is 6.26. The lowest BCUT2D eigenvalue weighted by Gasteiger charge is -2.19. The van der Waals surface area contributed by atoms with Gasteiger partial charge in [0.15, 0.2) is 0 Å². The van der Waals surface area contributed by atoms with Crippen LogP contribution in [-0.2, 0) is 0 Å². The molecule has 0 saturated heterocycles. The predicted octanol–water partition coefficient (Wildman–Crippen LogP) is 12.6. The Balaban J connectivity index is 1.45. The summed E-state index contributed by atoms with van der Waals surface area (Å²) < 4.78 is 85.7. The molecule has 1 aliphatic rings. The van der Waals surface area contributed by atoms with E-state index in [9.17, 15) is 2.74 Å². The summed E-state index contributed by atoms with van der Waals surface area (Å²) in [6, 6.07) is 24.2. The molecule has 1 heterocycles. The number of allylic oxidation sites excluding steroid dienone is 4. The first-order valence-corrected chi connectivity index (χ1v) is 15.0. The lowest BCUT2D eigenvalue weighted by Crippen LogP contribution is -1.93. The normalized spacial score (nSPS) is 16.0. The minimum absolute atomic E-state index is 0.0215. The second-order valence-electron chi connectivity index (χ2n) is 11.2. The fraction of sp³-hybridized carbons (Fsp3) is 0.0455. The van der Waals surface area contributed by atoms with E-state index in [0.29, 0.717) is 33.4 Å². The van der Waals surface area contributed by atoms with Gasteiger partial charge < -0.3 is 4.42 Å². The van der Waals surface area contributed by atoms with Crippen molar-refractivity contribution in [2.75, 3.05) is 0 Å². The molecule has 0 spiro atoms. The summed E-state index contributed by atoms with van der Waals surface area (Å²) in [6.45, 7) is 0. The van der Waals surface area contributed by atoms with Gasteiger partial charge in [0.2, 0.25) is 0 Å². The van der Waals surface area contributed by atoms with Gasteiger partial charge in [0.05, 0.1) is 12.3 Å². The van der Waals surface area contributed by atoms with Gasteiger partial charge >= 0.3 is 0 Å². The van der Waals surface area contributed by atoms with Gasteiger partial charge in [-0.05, 0) is 103 Å². The molecule has 8 aromatic rings. The van der Waals surface area contributed by atoms with Gasteiger partial charge in [-0.2, -0.15) is 0 Å². The number of hydrogen-bond acceptors (Lipinski definition) is 1. The summed E-state index contributed by atoms with van der Waals surface area (Å²) in [6.07, 6.45) is 7.50. The average molecular weight is 584 g/mol. The maximum absolute atomic E-state index is 9.57. The Morgan fingerprint density at radius 3 is 1.89 bits per heavy atom. The highest BCUT2D eigenvalue weighted by Gasteiger charge is 2.21. The Hall–Kier alpha value is -5.66. The van der Waals surface area contributed by atoms with Crippen molar-refractivity contribution >= 4 is 49.1 Å². The van der Waals surface area contributed by atoms with Gasteiger partial charge in [-0.1, -0.05) is 133 Å². The highest BCUT2D eigenvalue weighted by atomic mass is 16.3. The topological polar surface area (TPSA) is 13.1 Å². The van der Waals surface area contributed by atoms with E-state index < -0.39 is 18.1 Å². The summed E-state index contributed by atoms with van der Waals surface area (Å²) in [5.74, 6) is 0. The van der Waals surface area contributed by atoms with Crippen LogP contribution in [0, 0.1) is 0 Å². The standard InChI is InChI=1S/C44H30O/c1-3-14-29(15-4-1)31-18-13-19-32(26-31)42-34-20-7-9-22-36(34)43(37-23-10-8-21-35(37)42)39-27-33(30-16-5-2-6-17-30)28-41-44(39)38-24-11-12-25-40(38)45-41/h2-3,5-28H,1,4H2/i2D,5D,6D,13D,16D,17D,18D,19D,26D. The summed E-state index contributed by atoms with van der Waals surface area (Å²) in [7, 11) is 0. The van der Waals surface area contributed by atoms with Crippen LogP contribution in [0.3, 0.4) is 0 Å². The van der Waals surface area contributed by atoms with Crippen LogP contribution in [-0.4, -0.2) is 0 Å². The summed E-state index contributed by atoms with van der Waals surface area (Å²) in [4.78, 5) is 0. The highest BCUT2D eigenvalue weighted by Crippen LogP contribution is 2.48. The van der Waals surface area contributed by atoms with Gasteiger partial charge in [-0.3, -0.25) is 0 Å². The zero-order chi connectivity index (χ0) is 37.6. The van der Waals surface area contributed by atoms with Crippen LogP contribution in [0.25, 0.3) is 82.4 Å². The SMILES string of the molecule is [2H]c1c([2H])c([2H])c(-c2cc(-c3c4ccccc4c(-c4c([2H])c([2H])c([2H])c(C5=CCCC=C5)c4[2H])c4ccccc34)c3c(c2)oc2ccccc23)c([2H])c1[2H]. The molecule has 0 radical (unpaired) electrons. The van der Waals surface area contributed by atoms with Crippen molar-refractivity contribution in [3.05, 3.63) is 163 Å². The molecule has 7 aromatic carbocycles. The van der Waals surface area contributed by atoms with Crippen molar-refractivity contribution in [2.45, 2.75) is 12.8 Å². The van der Waals surface area contributed by atoms with Crippen LogP contribution in [0.5, 0.6) is 0 Å². The Bertz CT molecular complexity index is 2910. The minimum Gasteiger partial charge on any atom is -0.456 e. The fourth-order valence-electron chi connectivity index (χ4n) is 6.69. The molecule has 0 unspecified atom stereocenters. The molecule has 0 atom stereocenters. The number of fused-ring (bicyclic) bond motifs is 5. The second-order valence-corrected chi connectivity index (χ2v) is 11.2. The van der Waals surface area contributed by atoms with Crippen molar-refractivity contribution in [1.82, 2.24) is 0 Å². The quantitative estimate of drug-likeness (QED) is 0.188. The van der Waals surface area contributed by atoms with E-state index in [1.54, 1.807) is 6.07 Å². The maximum Gasteiger partial charge on any atom is 0.136 e. The Morgan fingerprint density at radius 1 is 0.533 bits per heavy atom. The summed E-state index contributed by atoms with van der Waals surface area (Å²) in [5.41, 5.74) is 5.02. The van der Waals surface area contributed by atoms with Gasteiger partial charge in [-0.15, -0.1) is 0 Å². The van der Waals surface area contributed by atoms with E-state index in [4.69, 9.17) is 14.0 Å². The lowest BCUT2D eigenvalue weighted by molar-refractivity contribution is 0.669. The van der Waals surface area contributed by atoms with Crippen molar-refractivity contribution in [2.24, 2.45) is 0 Å². The zero-order valence-corrected chi connectivity index (χ0v) is 24.1. The average Bonchev–Trinajstić information content (AvgIpc) is 3.57. The number of hydrogen-bond donors (Lipinski definition) is 0. The second kappa shape index (κ2) is 10.5. The molecule has 0 fully saturated rings. The predicted molar refractivity (Wildman–Crippen MR) is 191 cm³/mol. The van der Waals surface area contributed by atoms with Crippen molar-refractivity contribution < 1.29 is 16.8 Å². The van der Waals surface area contributed by atoms with E-state index >= 15 is 0 Å². The van der Waals surface area contributed by atoms with Gasteiger partial charge in [-0.25, -0.2) is 0 Å². The Kier molecular flexibility index (Phi) is 4.25. The van der Waals surface area contributed by atoms with Crippen molar-refractivity contribution in [3.63, 3.8) is 0 Å². The molecular formula is C44H30O. The summed E-state index contributed by atoms with van der Waals surface area (Å²) >= 11 is 0. The van der Waals surface area contributed by atoms with Crippen LogP contribution in [0.1, 0.15) is 30.7 Å². The third-order valence-corrected chi connectivity index (χ3v) is 8.63. The Morgan fingerprint density at radius 2 is 1.18 bits per heavy atom. The molecule has 0 bridgehead atoms. The number of rotatable bonds is 4. The minimum atomic E-state index is -0.470. The number of furan rings is 1. The van der Waals surface area contributed by atoms with Crippen LogP contribution in [0.2, 0.25) is 0 Å². The Labute approximate surface area is 275 Å². The first kappa shape index (κ1) is 18.2. The van der Waals surface area contributed by atoms with E-state index in [2.05, 4.69) is 0 Å². The fourth-order valence-corrected chi connectivity index (χ4v) is 6.69. The third kappa shape index (κ3) is 4.24. The smallest absolute Gasteiger partial charge is 0.136 e. The lowest BCUT2D eigenvalue weighted by atomic mass is 9.83. The van der Waals surface area contributed by atoms with Gasteiger partial charge in [0.1, 0.15) is 11.2 Å². The van der Waals surface area contributed by atoms with Gasteiger partial charge in [0, 0.05) is 10.8 Å². The molecule has 0 saturated carbocycles. The van der Waals surface area contributed by atoms with E-state index in [1.807, 2.05) is 97.1 Å². The van der Waals surface area contributed by atoms with Crippen molar-refractivity contribution in [3.8, 4) is 33.4 Å². The van der Waals surface area contributed by atoms with Crippen LogP contribution in [0.15, 0.2) is 162 Å². The molecular weight excluding hydrogens is 544 g/mol. The molecule has 0 aliphatic heterocycles. The number of para-hydroxylation sites is 1. The molecule has 9 rings (SSSR count). The molecule has 0 amide bonds. The summed E-state index contributed by atoms with van der Waals surface area (Å²) in [5, 5.41) is 4.68. The molecule has 1 heteroatoms. The molecule has 45 heavy (non-hydrogen) atoms. The number of benzene rings is 7. The molecule has 0 N–H and O–H groups in total. The third-order valence-electron chi connectivity index (χ3n) is 8.63. The van der Waals surface area contributed by atoms with E-state index in [0.717, 1.165) is 56.3 Å². The van der Waals surface area contributed by atoms with Crippen LogP contribution < -0.4 is 0 Å². The molecule has 1 aromatic heterocycles. The van der Waals surface area contributed by atoms with Crippen LogP contribution in [0.4, 0.5) is 0 Å². The van der Waals surface area contributed by atoms with E-state index in [1.165, 1.54) is 0 Å². The molecule has 1 nitrogen and oxygen atoms in total. The maximum atomic E-state index is 9.57. The van der Waals surface area contributed by atoms with E-state index in [-0.39, 0.29) is 47.4 Å². The monoisotopic (exact) mass is 583 g/mol. The molecule has 1 aliphatic carbocycles. The van der Waals surface area contributed by atoms with Crippen molar-refractivity contribution in [1.29, 1.82) is 0 Å². The first-order chi connectivity index (χ1) is 26.1. The molecule has 212 valence electrons. The first-order valence-electron chi connectivity index (χ1n) is 19.5.